The van der Waals surface area contributed by atoms with Crippen LogP contribution in [0.5, 0.6) is 5.75 Å². The van der Waals surface area contributed by atoms with Gasteiger partial charge in [-0.25, -0.2) is 9.18 Å². The van der Waals surface area contributed by atoms with Gasteiger partial charge in [-0.3, -0.25) is 0 Å². The Morgan fingerprint density at radius 1 is 1.09 bits per heavy atom. The van der Waals surface area contributed by atoms with Crippen molar-refractivity contribution in [3.63, 3.8) is 0 Å². The number of alkyl halides is 7. The Hall–Kier alpha value is 1.49. The van der Waals surface area contributed by atoms with Crippen LogP contribution in [-0.4, -0.2) is 21.3 Å². The quantitative estimate of drug-likeness (QED) is 0.116. The molecular formula is C11H4Br2F5I3O2. The summed E-state index contributed by atoms with van der Waals surface area (Å²) in [6, 6.07) is 1.55. The van der Waals surface area contributed by atoms with E-state index in [4.69, 9.17) is 0 Å². The van der Waals surface area contributed by atoms with Gasteiger partial charge >= 0.3 is 21.3 Å². The van der Waals surface area contributed by atoms with E-state index in [-0.39, 0.29) is 5.75 Å². The van der Waals surface area contributed by atoms with E-state index in [1.165, 1.54) is 15.9 Å². The highest BCUT2D eigenvalue weighted by Gasteiger charge is 2.72. The van der Waals surface area contributed by atoms with Crippen LogP contribution in [0.4, 0.5) is 22.0 Å². The van der Waals surface area contributed by atoms with Crippen molar-refractivity contribution in [3.05, 3.63) is 22.3 Å². The summed E-state index contributed by atoms with van der Waals surface area (Å²) in [5.41, 5.74) is 0.647. The SMILES string of the molecule is Cc1c(I)cc(I)c(OC(=O)C(F)(F)C(F)(Br)C(F)(F)Br)c1I. The van der Waals surface area contributed by atoms with Gasteiger partial charge in [-0.15, -0.1) is 0 Å². The molecule has 23 heavy (non-hydrogen) atoms. The van der Waals surface area contributed by atoms with Gasteiger partial charge in [0.2, 0.25) is 0 Å². The normalized spacial score (nSPS) is 15.3. The highest BCUT2D eigenvalue weighted by atomic mass is 127. The van der Waals surface area contributed by atoms with Crippen molar-refractivity contribution in [1.82, 2.24) is 0 Å². The van der Waals surface area contributed by atoms with Crippen LogP contribution >= 0.6 is 99.6 Å². The Bertz CT molecular complexity index is 650. The van der Waals surface area contributed by atoms with Gasteiger partial charge in [0.25, 0.3) is 0 Å². The molecule has 0 aliphatic heterocycles. The topological polar surface area (TPSA) is 26.3 Å². The average molecular weight is 804 g/mol. The lowest BCUT2D eigenvalue weighted by Crippen LogP contribution is -2.55. The molecule has 1 rings (SSSR count). The number of hydrogen-bond donors (Lipinski definition) is 0. The number of carbonyl (C=O) groups excluding carboxylic acids is 1. The lowest BCUT2D eigenvalue weighted by atomic mass is 10.2. The first-order valence-electron chi connectivity index (χ1n) is 5.33. The minimum absolute atomic E-state index is 0.241. The molecule has 0 N–H and O–H groups in total. The van der Waals surface area contributed by atoms with Crippen LogP contribution in [0.25, 0.3) is 0 Å². The molecule has 0 aliphatic carbocycles. The lowest BCUT2D eigenvalue weighted by Gasteiger charge is -2.29. The van der Waals surface area contributed by atoms with E-state index in [2.05, 4.69) is 4.74 Å². The highest BCUT2D eigenvalue weighted by Crippen LogP contribution is 2.52. The molecule has 0 aromatic heterocycles. The number of benzene rings is 1. The number of halogens is 10. The maximum Gasteiger partial charge on any atom is 0.393 e. The standard InChI is InChI=1S/C11H4Br2F5I3O2/c1-3-4(19)2-5(20)7(6(3)21)23-8(22)9(14,15)10(12,16)11(13,17)18/h2H,1H3. The molecule has 2 nitrogen and oxygen atoms in total. The molecule has 130 valence electrons. The number of esters is 1. The summed E-state index contributed by atoms with van der Waals surface area (Å²) >= 11 is 8.56. The van der Waals surface area contributed by atoms with E-state index >= 15 is 0 Å². The predicted octanol–water partition coefficient (Wildman–Crippen LogP) is 6.40. The molecule has 1 unspecified atom stereocenters. The third-order valence-electron chi connectivity index (χ3n) is 2.56. The van der Waals surface area contributed by atoms with Gasteiger partial charge in [-0.1, -0.05) is 0 Å². The van der Waals surface area contributed by atoms with Gasteiger partial charge in [0, 0.05) is 3.57 Å². The predicted molar refractivity (Wildman–Crippen MR) is 107 cm³/mol. The molecule has 0 saturated heterocycles. The molecule has 1 atom stereocenters. The summed E-state index contributed by atoms with van der Waals surface area (Å²) in [4.78, 5) is 6.92. The lowest BCUT2D eigenvalue weighted by molar-refractivity contribution is -0.192. The molecule has 12 heteroatoms. The minimum Gasteiger partial charge on any atom is -0.420 e. The fourth-order valence-electron chi connectivity index (χ4n) is 1.22. The molecule has 1 aromatic rings. The monoisotopic (exact) mass is 802 g/mol. The van der Waals surface area contributed by atoms with Crippen LogP contribution in [0.1, 0.15) is 5.56 Å². The van der Waals surface area contributed by atoms with Crippen LogP contribution in [0.3, 0.4) is 0 Å². The van der Waals surface area contributed by atoms with Gasteiger partial charge in [-0.2, -0.15) is 17.6 Å². The molecule has 0 aliphatic rings. The van der Waals surface area contributed by atoms with Gasteiger partial charge in [0.1, 0.15) is 0 Å². The van der Waals surface area contributed by atoms with E-state index in [0.29, 0.717) is 12.7 Å². The van der Waals surface area contributed by atoms with Gasteiger partial charge in [0.05, 0.1) is 7.14 Å². The van der Waals surface area contributed by atoms with Crippen molar-refractivity contribution < 1.29 is 31.5 Å². The zero-order valence-corrected chi connectivity index (χ0v) is 20.3. The van der Waals surface area contributed by atoms with E-state index in [9.17, 15) is 26.7 Å². The van der Waals surface area contributed by atoms with Crippen LogP contribution < -0.4 is 4.74 Å². The first-order valence-corrected chi connectivity index (χ1v) is 10.2. The first kappa shape index (κ1) is 22.5. The van der Waals surface area contributed by atoms with E-state index in [0.717, 1.165) is 3.57 Å². The number of ether oxygens (including phenoxy) is 1. The van der Waals surface area contributed by atoms with Crippen LogP contribution in [0.15, 0.2) is 6.07 Å². The van der Waals surface area contributed by atoms with Crippen molar-refractivity contribution in [2.45, 2.75) is 22.3 Å². The third kappa shape index (κ3) is 4.43. The van der Waals surface area contributed by atoms with Gasteiger partial charge in [0.15, 0.2) is 5.75 Å². The largest absolute Gasteiger partial charge is 0.420 e. The zero-order valence-electron chi connectivity index (χ0n) is 10.7. The van der Waals surface area contributed by atoms with Crippen molar-refractivity contribution >= 4 is 106 Å². The Morgan fingerprint density at radius 2 is 1.57 bits per heavy atom. The summed E-state index contributed by atoms with van der Waals surface area (Å²) in [5.74, 6) is -7.83. The Balaban J connectivity index is 3.26. The molecule has 0 bridgehead atoms. The second-order valence-electron chi connectivity index (χ2n) is 4.14. The van der Waals surface area contributed by atoms with E-state index in [1.54, 1.807) is 74.1 Å². The Kier molecular flexibility index (Phi) is 7.46. The van der Waals surface area contributed by atoms with Gasteiger partial charge < -0.3 is 4.74 Å². The number of hydrogen-bond acceptors (Lipinski definition) is 2. The second kappa shape index (κ2) is 7.62. The fraction of sp³-hybridized carbons (Fsp3) is 0.364. The number of carbonyl (C=O) groups is 1. The summed E-state index contributed by atoms with van der Waals surface area (Å²) in [6.07, 6.45) is 0. The number of rotatable bonds is 4. The maximum absolute atomic E-state index is 13.8. The average Bonchev–Trinajstić information content (AvgIpc) is 2.39. The molecule has 1 aromatic carbocycles. The van der Waals surface area contributed by atoms with E-state index < -0.39 is 21.3 Å². The maximum atomic E-state index is 13.8. The first-order chi connectivity index (χ1) is 10.1. The molecule has 0 fully saturated rings. The highest BCUT2D eigenvalue weighted by molar-refractivity contribution is 14.1. The molecule has 0 amide bonds. The van der Waals surface area contributed by atoms with Gasteiger partial charge in [-0.05, 0) is 118 Å². The van der Waals surface area contributed by atoms with Crippen LogP contribution in [-0.2, 0) is 4.79 Å². The van der Waals surface area contributed by atoms with Crippen LogP contribution in [0, 0.1) is 17.6 Å². The Labute approximate surface area is 185 Å². The van der Waals surface area contributed by atoms with E-state index in [1.807, 2.05) is 22.6 Å². The Morgan fingerprint density at radius 3 is 2.00 bits per heavy atom. The second-order valence-corrected chi connectivity index (χ2v) is 9.64. The third-order valence-corrected chi connectivity index (χ3v) is 7.85. The minimum atomic E-state index is -5.15. The molecule has 0 spiro atoms. The summed E-state index contributed by atoms with van der Waals surface area (Å²) < 4.78 is 68.6. The summed E-state index contributed by atoms with van der Waals surface area (Å²) in [5, 5.41) is 0. The molecular weight excluding hydrogens is 800 g/mol. The van der Waals surface area contributed by atoms with Crippen molar-refractivity contribution in [2.24, 2.45) is 0 Å². The van der Waals surface area contributed by atoms with Crippen LogP contribution in [0.2, 0.25) is 0 Å². The molecule has 0 radical (unpaired) electrons. The smallest absolute Gasteiger partial charge is 0.393 e. The molecule has 0 heterocycles. The van der Waals surface area contributed by atoms with Crippen molar-refractivity contribution in [1.29, 1.82) is 0 Å². The van der Waals surface area contributed by atoms with Crippen molar-refractivity contribution in [3.8, 4) is 5.75 Å². The zero-order chi connectivity index (χ0) is 18.4. The summed E-state index contributed by atoms with van der Waals surface area (Å²) in [6.45, 7) is 1.66. The molecule has 0 saturated carbocycles. The fourth-order valence-corrected chi connectivity index (χ4v) is 5.22. The van der Waals surface area contributed by atoms with Crippen molar-refractivity contribution in [2.75, 3.05) is 0 Å². The summed E-state index contributed by atoms with van der Waals surface area (Å²) in [7, 11) is 0.